The molecule has 1 aliphatic heterocycles. The van der Waals surface area contributed by atoms with Crippen LogP contribution in [-0.2, 0) is 20.9 Å². The Kier molecular flexibility index (Phi) is 5.51. The average molecular weight is 305 g/mol. The van der Waals surface area contributed by atoms with Gasteiger partial charge in [-0.15, -0.1) is 0 Å². The Morgan fingerprint density at radius 2 is 1.86 bits per heavy atom. The van der Waals surface area contributed by atoms with Crippen molar-refractivity contribution in [2.24, 2.45) is 11.1 Å². The Bertz CT molecular complexity index is 522. The van der Waals surface area contributed by atoms with E-state index in [-0.39, 0.29) is 11.8 Å². The van der Waals surface area contributed by atoms with E-state index in [1.54, 1.807) is 0 Å². The van der Waals surface area contributed by atoms with Gasteiger partial charge in [0.1, 0.15) is 0 Å². The summed E-state index contributed by atoms with van der Waals surface area (Å²) in [6.07, 6.45) is 1.33. The number of nitrogens with two attached hydrogens (primary N) is 1. The SMILES string of the molecule is CC(=O)Nc1ccc(CNC(=O)C2(CN)CCOCC2)cc1. The van der Waals surface area contributed by atoms with Gasteiger partial charge in [-0.2, -0.15) is 0 Å². The number of rotatable bonds is 5. The van der Waals surface area contributed by atoms with Crippen LogP contribution in [0.25, 0.3) is 0 Å². The molecule has 2 amide bonds. The van der Waals surface area contributed by atoms with Crippen molar-refractivity contribution in [3.8, 4) is 0 Å². The second kappa shape index (κ2) is 7.38. The Morgan fingerprint density at radius 1 is 1.23 bits per heavy atom. The number of benzene rings is 1. The van der Waals surface area contributed by atoms with Crippen LogP contribution in [0.3, 0.4) is 0 Å². The van der Waals surface area contributed by atoms with Gasteiger partial charge in [-0.1, -0.05) is 12.1 Å². The third-order valence-electron chi connectivity index (χ3n) is 4.05. The molecule has 1 heterocycles. The number of nitrogens with one attached hydrogen (secondary N) is 2. The zero-order valence-electron chi connectivity index (χ0n) is 12.9. The Morgan fingerprint density at radius 3 is 2.41 bits per heavy atom. The molecule has 0 unspecified atom stereocenters. The minimum absolute atomic E-state index is 0.00997. The van der Waals surface area contributed by atoms with E-state index in [1.165, 1.54) is 6.92 Å². The molecule has 0 atom stereocenters. The maximum Gasteiger partial charge on any atom is 0.227 e. The lowest BCUT2D eigenvalue weighted by Crippen LogP contribution is -2.48. The number of carbonyl (C=O) groups excluding carboxylic acids is 2. The predicted molar refractivity (Wildman–Crippen MR) is 84.1 cm³/mol. The van der Waals surface area contributed by atoms with Crippen molar-refractivity contribution in [1.82, 2.24) is 5.32 Å². The number of hydrogen-bond donors (Lipinski definition) is 3. The second-order valence-corrected chi connectivity index (χ2v) is 5.66. The Balaban J connectivity index is 1.91. The third kappa shape index (κ3) is 4.05. The van der Waals surface area contributed by atoms with Gasteiger partial charge in [0.25, 0.3) is 0 Å². The number of anilines is 1. The smallest absolute Gasteiger partial charge is 0.227 e. The molecule has 0 bridgehead atoms. The van der Waals surface area contributed by atoms with Gasteiger partial charge < -0.3 is 21.1 Å². The summed E-state index contributed by atoms with van der Waals surface area (Å²) in [6.45, 7) is 3.41. The molecule has 1 fully saturated rings. The summed E-state index contributed by atoms with van der Waals surface area (Å²) < 4.78 is 5.31. The first kappa shape index (κ1) is 16.5. The maximum absolute atomic E-state index is 12.4. The Labute approximate surface area is 130 Å². The van der Waals surface area contributed by atoms with Gasteiger partial charge in [-0.25, -0.2) is 0 Å². The number of amides is 2. The van der Waals surface area contributed by atoms with Gasteiger partial charge in [-0.3, -0.25) is 9.59 Å². The fraction of sp³-hybridized carbons (Fsp3) is 0.500. The van der Waals surface area contributed by atoms with Crippen molar-refractivity contribution in [2.45, 2.75) is 26.3 Å². The van der Waals surface area contributed by atoms with Crippen molar-refractivity contribution in [3.63, 3.8) is 0 Å². The van der Waals surface area contributed by atoms with Crippen LogP contribution in [0, 0.1) is 5.41 Å². The first-order valence-corrected chi connectivity index (χ1v) is 7.48. The van der Waals surface area contributed by atoms with Crippen molar-refractivity contribution in [1.29, 1.82) is 0 Å². The summed E-state index contributed by atoms with van der Waals surface area (Å²) in [6, 6.07) is 7.39. The molecule has 0 saturated carbocycles. The van der Waals surface area contributed by atoms with E-state index in [2.05, 4.69) is 10.6 Å². The number of ether oxygens (including phenoxy) is 1. The van der Waals surface area contributed by atoms with Gasteiger partial charge in [0.15, 0.2) is 0 Å². The van der Waals surface area contributed by atoms with Crippen LogP contribution in [0.4, 0.5) is 5.69 Å². The maximum atomic E-state index is 12.4. The lowest BCUT2D eigenvalue weighted by Gasteiger charge is -2.34. The molecule has 6 nitrogen and oxygen atoms in total. The predicted octanol–water partition coefficient (Wildman–Crippen LogP) is 1.02. The molecule has 0 aliphatic carbocycles. The van der Waals surface area contributed by atoms with Gasteiger partial charge in [0.2, 0.25) is 11.8 Å². The molecule has 0 aromatic heterocycles. The topological polar surface area (TPSA) is 93.5 Å². The zero-order chi connectivity index (χ0) is 16.0. The van der Waals surface area contributed by atoms with Crippen LogP contribution in [-0.4, -0.2) is 31.6 Å². The fourth-order valence-electron chi connectivity index (χ4n) is 2.57. The Hall–Kier alpha value is -1.92. The zero-order valence-corrected chi connectivity index (χ0v) is 12.9. The average Bonchev–Trinajstić information content (AvgIpc) is 2.54. The molecular formula is C16H23N3O3. The van der Waals surface area contributed by atoms with Crippen molar-refractivity contribution in [3.05, 3.63) is 29.8 Å². The van der Waals surface area contributed by atoms with E-state index in [4.69, 9.17) is 10.5 Å². The van der Waals surface area contributed by atoms with Crippen LogP contribution in [0.1, 0.15) is 25.3 Å². The highest BCUT2D eigenvalue weighted by Gasteiger charge is 2.38. The highest BCUT2D eigenvalue weighted by Crippen LogP contribution is 2.29. The largest absolute Gasteiger partial charge is 0.381 e. The summed E-state index contributed by atoms with van der Waals surface area (Å²) in [5.74, 6) is -0.116. The molecule has 120 valence electrons. The van der Waals surface area contributed by atoms with E-state index in [0.29, 0.717) is 39.1 Å². The molecule has 4 N–H and O–H groups in total. The molecule has 1 aliphatic rings. The molecule has 1 aromatic rings. The van der Waals surface area contributed by atoms with Crippen molar-refractivity contribution in [2.75, 3.05) is 25.1 Å². The molecule has 6 heteroatoms. The minimum atomic E-state index is -0.506. The number of hydrogen-bond acceptors (Lipinski definition) is 4. The lowest BCUT2D eigenvalue weighted by atomic mass is 9.79. The molecule has 1 aromatic carbocycles. The summed E-state index contributed by atoms with van der Waals surface area (Å²) in [4.78, 5) is 23.4. The van der Waals surface area contributed by atoms with Crippen molar-refractivity contribution < 1.29 is 14.3 Å². The first-order chi connectivity index (χ1) is 10.6. The van der Waals surface area contributed by atoms with Crippen LogP contribution < -0.4 is 16.4 Å². The third-order valence-corrected chi connectivity index (χ3v) is 4.05. The summed E-state index contributed by atoms with van der Waals surface area (Å²) in [7, 11) is 0. The standard InChI is InChI=1S/C16H23N3O3/c1-12(20)19-14-4-2-13(3-5-14)10-18-15(21)16(11-17)6-8-22-9-7-16/h2-5H,6-11,17H2,1H3,(H,18,21)(H,19,20). The van der Waals surface area contributed by atoms with Crippen LogP contribution in [0.15, 0.2) is 24.3 Å². The quantitative estimate of drug-likeness (QED) is 0.757. The molecule has 0 radical (unpaired) electrons. The van der Waals surface area contributed by atoms with E-state index < -0.39 is 5.41 Å². The number of carbonyl (C=O) groups is 2. The van der Waals surface area contributed by atoms with Gasteiger partial charge >= 0.3 is 0 Å². The molecule has 0 spiro atoms. The van der Waals surface area contributed by atoms with Crippen LogP contribution >= 0.6 is 0 Å². The minimum Gasteiger partial charge on any atom is -0.381 e. The van der Waals surface area contributed by atoms with Gasteiger partial charge in [0, 0.05) is 38.9 Å². The summed E-state index contributed by atoms with van der Waals surface area (Å²) in [5, 5.41) is 5.67. The summed E-state index contributed by atoms with van der Waals surface area (Å²) >= 11 is 0. The molecule has 2 rings (SSSR count). The van der Waals surface area contributed by atoms with Crippen LogP contribution in [0.5, 0.6) is 0 Å². The monoisotopic (exact) mass is 305 g/mol. The molecular weight excluding hydrogens is 282 g/mol. The van der Waals surface area contributed by atoms with E-state index in [9.17, 15) is 9.59 Å². The molecule has 1 saturated heterocycles. The van der Waals surface area contributed by atoms with E-state index in [1.807, 2.05) is 24.3 Å². The lowest BCUT2D eigenvalue weighted by molar-refractivity contribution is -0.136. The van der Waals surface area contributed by atoms with E-state index >= 15 is 0 Å². The van der Waals surface area contributed by atoms with Crippen molar-refractivity contribution >= 4 is 17.5 Å². The highest BCUT2D eigenvalue weighted by molar-refractivity contribution is 5.88. The van der Waals surface area contributed by atoms with Crippen LogP contribution in [0.2, 0.25) is 0 Å². The summed E-state index contributed by atoms with van der Waals surface area (Å²) in [5.41, 5.74) is 7.03. The van der Waals surface area contributed by atoms with Gasteiger partial charge in [0.05, 0.1) is 5.41 Å². The first-order valence-electron chi connectivity index (χ1n) is 7.48. The second-order valence-electron chi connectivity index (χ2n) is 5.66. The van der Waals surface area contributed by atoms with E-state index in [0.717, 1.165) is 11.3 Å². The highest BCUT2D eigenvalue weighted by atomic mass is 16.5. The van der Waals surface area contributed by atoms with Gasteiger partial charge in [-0.05, 0) is 30.5 Å². The normalized spacial score (nSPS) is 16.8. The fourth-order valence-corrected chi connectivity index (χ4v) is 2.57. The molecule has 22 heavy (non-hydrogen) atoms.